The van der Waals surface area contributed by atoms with Gasteiger partial charge in [-0.3, -0.25) is 0 Å². The smallest absolute Gasteiger partial charge is 0.00268 e. The first-order chi connectivity index (χ1) is 13.7. The van der Waals surface area contributed by atoms with Gasteiger partial charge in [-0.15, -0.1) is 0 Å². The predicted molar refractivity (Wildman–Crippen MR) is 120 cm³/mol. The van der Waals surface area contributed by atoms with E-state index in [1.54, 1.807) is 0 Å². The summed E-state index contributed by atoms with van der Waals surface area (Å²) in [5.41, 5.74) is 9.98. The van der Waals surface area contributed by atoms with E-state index in [9.17, 15) is 0 Å². The molecule has 0 saturated carbocycles. The molecule has 28 heavy (non-hydrogen) atoms. The van der Waals surface area contributed by atoms with Gasteiger partial charge in [-0.2, -0.15) is 0 Å². The Kier molecular flexibility index (Phi) is 5.21. The maximum absolute atomic E-state index is 2.23. The molecule has 0 aromatic heterocycles. The Morgan fingerprint density at radius 1 is 0.357 bits per heavy atom. The minimum absolute atomic E-state index is 1.23. The van der Waals surface area contributed by atoms with E-state index in [0.717, 1.165) is 0 Å². The molecular formula is C28H24. The first kappa shape index (κ1) is 18.0. The van der Waals surface area contributed by atoms with E-state index in [1.807, 2.05) is 0 Å². The lowest BCUT2D eigenvalue weighted by Gasteiger charge is -2.18. The van der Waals surface area contributed by atoms with E-state index in [4.69, 9.17) is 0 Å². The molecule has 4 aromatic rings. The van der Waals surface area contributed by atoms with Gasteiger partial charge in [0.25, 0.3) is 0 Å². The molecule has 0 heteroatoms. The van der Waals surface area contributed by atoms with Crippen molar-refractivity contribution in [2.75, 3.05) is 0 Å². The largest absolute Gasteiger partial charge is 0.0622 e. The van der Waals surface area contributed by atoms with Crippen LogP contribution in [0, 0.1) is 13.8 Å². The molecule has 0 N–H and O–H groups in total. The Morgan fingerprint density at radius 3 is 0.964 bits per heavy atom. The fourth-order valence-electron chi connectivity index (χ4n) is 3.56. The monoisotopic (exact) mass is 360 g/mol. The summed E-state index contributed by atoms with van der Waals surface area (Å²) in [6.07, 6.45) is 0. The van der Waals surface area contributed by atoms with Crippen molar-refractivity contribution in [2.24, 2.45) is 0 Å². The van der Waals surface area contributed by atoms with E-state index < -0.39 is 0 Å². The van der Waals surface area contributed by atoms with Crippen molar-refractivity contribution in [2.45, 2.75) is 13.8 Å². The van der Waals surface area contributed by atoms with Crippen LogP contribution in [0.3, 0.4) is 0 Å². The molecule has 0 unspecified atom stereocenters. The Morgan fingerprint density at radius 2 is 0.643 bits per heavy atom. The number of rotatable bonds is 4. The minimum atomic E-state index is 1.23. The molecule has 0 amide bonds. The average molecular weight is 361 g/mol. The van der Waals surface area contributed by atoms with Gasteiger partial charge in [0, 0.05) is 0 Å². The zero-order chi connectivity index (χ0) is 19.3. The zero-order valence-corrected chi connectivity index (χ0v) is 16.4. The van der Waals surface area contributed by atoms with Gasteiger partial charge in [0.1, 0.15) is 0 Å². The molecule has 0 aliphatic heterocycles. The van der Waals surface area contributed by atoms with Crippen LogP contribution in [0.1, 0.15) is 33.4 Å². The van der Waals surface area contributed by atoms with Gasteiger partial charge in [0.05, 0.1) is 0 Å². The van der Waals surface area contributed by atoms with Crippen molar-refractivity contribution in [1.82, 2.24) is 0 Å². The molecule has 0 radical (unpaired) electrons. The Balaban J connectivity index is 2.08. The van der Waals surface area contributed by atoms with Crippen LogP contribution in [0.5, 0.6) is 0 Å². The topological polar surface area (TPSA) is 0 Å². The summed E-state index contributed by atoms with van der Waals surface area (Å²) in [7, 11) is 0. The van der Waals surface area contributed by atoms with Crippen LogP contribution in [0.4, 0.5) is 0 Å². The number of hydrogen-bond acceptors (Lipinski definition) is 0. The van der Waals surface area contributed by atoms with E-state index in [-0.39, 0.29) is 0 Å². The first-order valence-corrected chi connectivity index (χ1v) is 9.71. The van der Waals surface area contributed by atoms with Gasteiger partial charge >= 0.3 is 0 Å². The summed E-state index contributed by atoms with van der Waals surface area (Å²) in [6.45, 7) is 4.27. The van der Waals surface area contributed by atoms with Crippen LogP contribution < -0.4 is 0 Å². The zero-order valence-electron chi connectivity index (χ0n) is 16.4. The van der Waals surface area contributed by atoms with Gasteiger partial charge in [0.2, 0.25) is 0 Å². The van der Waals surface area contributed by atoms with Crippen LogP contribution in [0.15, 0.2) is 109 Å². The van der Waals surface area contributed by atoms with Gasteiger partial charge in [0.15, 0.2) is 0 Å². The third-order valence-corrected chi connectivity index (χ3v) is 5.06. The van der Waals surface area contributed by atoms with Crippen molar-refractivity contribution < 1.29 is 0 Å². The lowest BCUT2D eigenvalue weighted by molar-refractivity contribution is 1.43. The van der Waals surface area contributed by atoms with E-state index in [0.29, 0.717) is 0 Å². The van der Waals surface area contributed by atoms with Crippen molar-refractivity contribution in [3.8, 4) is 0 Å². The van der Waals surface area contributed by atoms with Crippen molar-refractivity contribution in [3.63, 3.8) is 0 Å². The van der Waals surface area contributed by atoms with Gasteiger partial charge < -0.3 is 0 Å². The normalized spacial score (nSPS) is 11.8. The third-order valence-electron chi connectivity index (χ3n) is 5.06. The van der Waals surface area contributed by atoms with Gasteiger partial charge in [-0.05, 0) is 47.2 Å². The Labute approximate surface area is 167 Å². The molecule has 4 rings (SSSR count). The lowest BCUT2D eigenvalue weighted by Crippen LogP contribution is -1.97. The van der Waals surface area contributed by atoms with E-state index in [1.165, 1.54) is 44.5 Å². The second-order valence-corrected chi connectivity index (χ2v) is 7.21. The number of hydrogen-bond donors (Lipinski definition) is 0. The molecule has 0 aliphatic rings. The Hall–Kier alpha value is -3.38. The molecule has 0 saturated heterocycles. The highest BCUT2D eigenvalue weighted by molar-refractivity contribution is 6.04. The SMILES string of the molecule is Cc1ccc(/C(=C(/c2ccccc2)c2ccc(C)cc2)c2ccccc2)cc1. The first-order valence-electron chi connectivity index (χ1n) is 9.71. The van der Waals surface area contributed by atoms with Crippen LogP contribution in [0.2, 0.25) is 0 Å². The number of benzene rings is 4. The summed E-state index contributed by atoms with van der Waals surface area (Å²) >= 11 is 0. The standard InChI is InChI=1S/C28H24/c1-21-13-17-25(18-14-21)27(23-9-5-3-6-10-23)28(24-11-7-4-8-12-24)26-19-15-22(2)16-20-26/h3-20H,1-2H3/b28-27-. The molecule has 0 fully saturated rings. The fraction of sp³-hybridized carbons (Fsp3) is 0.0714. The molecule has 4 aromatic carbocycles. The maximum Gasteiger partial charge on any atom is -0.00268 e. The fourth-order valence-corrected chi connectivity index (χ4v) is 3.56. The minimum Gasteiger partial charge on any atom is -0.0622 e. The summed E-state index contributed by atoms with van der Waals surface area (Å²) in [6, 6.07) is 39.1. The molecular weight excluding hydrogens is 336 g/mol. The van der Waals surface area contributed by atoms with Gasteiger partial charge in [-0.1, -0.05) is 120 Å². The molecule has 0 spiro atoms. The highest BCUT2D eigenvalue weighted by Crippen LogP contribution is 2.36. The van der Waals surface area contributed by atoms with Crippen LogP contribution >= 0.6 is 0 Å². The quantitative estimate of drug-likeness (QED) is 0.335. The summed E-state index contributed by atoms with van der Waals surface area (Å²) < 4.78 is 0. The highest BCUT2D eigenvalue weighted by Gasteiger charge is 2.15. The predicted octanol–water partition coefficient (Wildman–Crippen LogP) is 7.31. The van der Waals surface area contributed by atoms with Crippen molar-refractivity contribution >= 4 is 11.1 Å². The molecule has 0 atom stereocenters. The van der Waals surface area contributed by atoms with E-state index in [2.05, 4.69) is 123 Å². The third kappa shape index (κ3) is 3.82. The Bertz CT molecular complexity index is 977. The lowest BCUT2D eigenvalue weighted by atomic mass is 9.85. The summed E-state index contributed by atoms with van der Waals surface area (Å²) in [5, 5.41) is 0. The van der Waals surface area contributed by atoms with E-state index >= 15 is 0 Å². The highest BCUT2D eigenvalue weighted by atomic mass is 14.2. The van der Waals surface area contributed by atoms with Gasteiger partial charge in [-0.25, -0.2) is 0 Å². The molecule has 0 bridgehead atoms. The maximum atomic E-state index is 2.23. The average Bonchev–Trinajstić information content (AvgIpc) is 2.75. The van der Waals surface area contributed by atoms with Crippen molar-refractivity contribution in [1.29, 1.82) is 0 Å². The number of aryl methyl sites for hydroxylation is 2. The van der Waals surface area contributed by atoms with Crippen LogP contribution in [0.25, 0.3) is 11.1 Å². The molecule has 136 valence electrons. The summed E-state index contributed by atoms with van der Waals surface area (Å²) in [4.78, 5) is 0. The summed E-state index contributed by atoms with van der Waals surface area (Å²) in [5.74, 6) is 0. The molecule has 0 heterocycles. The van der Waals surface area contributed by atoms with Crippen LogP contribution in [-0.4, -0.2) is 0 Å². The molecule has 0 aliphatic carbocycles. The second kappa shape index (κ2) is 8.10. The van der Waals surface area contributed by atoms with Crippen molar-refractivity contribution in [3.05, 3.63) is 143 Å². The second-order valence-electron chi connectivity index (χ2n) is 7.21. The molecule has 0 nitrogen and oxygen atoms in total. The van der Waals surface area contributed by atoms with Crippen LogP contribution in [-0.2, 0) is 0 Å².